The summed E-state index contributed by atoms with van der Waals surface area (Å²) in [6.45, 7) is 13.1. The standard InChI is InChI=1S/C17H32N2O2/c1-16(2)11-14(12-17(3,4)13-16)18-6-5-15(20)19-7-9-21-10-8-19/h14,18H,5-13H2,1-4H3. The van der Waals surface area contributed by atoms with Crippen molar-refractivity contribution in [1.29, 1.82) is 0 Å². The lowest BCUT2D eigenvalue weighted by Gasteiger charge is -2.45. The van der Waals surface area contributed by atoms with Crippen LogP contribution in [0.5, 0.6) is 0 Å². The number of hydrogen-bond acceptors (Lipinski definition) is 3. The lowest BCUT2D eigenvalue weighted by atomic mass is 9.63. The molecule has 122 valence electrons. The number of ether oxygens (including phenoxy) is 1. The quantitative estimate of drug-likeness (QED) is 0.866. The van der Waals surface area contributed by atoms with Crippen LogP contribution in [-0.2, 0) is 9.53 Å². The van der Waals surface area contributed by atoms with E-state index < -0.39 is 0 Å². The molecule has 1 N–H and O–H groups in total. The minimum Gasteiger partial charge on any atom is -0.378 e. The summed E-state index contributed by atoms with van der Waals surface area (Å²) in [6, 6.07) is 0.543. The molecule has 1 saturated heterocycles. The summed E-state index contributed by atoms with van der Waals surface area (Å²) >= 11 is 0. The molecule has 21 heavy (non-hydrogen) atoms. The van der Waals surface area contributed by atoms with Gasteiger partial charge < -0.3 is 15.0 Å². The summed E-state index contributed by atoms with van der Waals surface area (Å²) in [6.07, 6.45) is 4.31. The van der Waals surface area contributed by atoms with Gasteiger partial charge in [0, 0.05) is 32.1 Å². The summed E-state index contributed by atoms with van der Waals surface area (Å²) in [7, 11) is 0. The van der Waals surface area contributed by atoms with Gasteiger partial charge in [-0.15, -0.1) is 0 Å². The first-order valence-corrected chi connectivity index (χ1v) is 8.36. The third-order valence-corrected chi connectivity index (χ3v) is 4.69. The highest BCUT2D eigenvalue weighted by Crippen LogP contribution is 2.45. The molecule has 1 aliphatic heterocycles. The predicted molar refractivity (Wildman–Crippen MR) is 85.2 cm³/mol. The molecule has 1 amide bonds. The van der Waals surface area contributed by atoms with E-state index in [9.17, 15) is 4.79 Å². The number of amides is 1. The zero-order chi connectivity index (χ0) is 15.5. The van der Waals surface area contributed by atoms with Crippen molar-refractivity contribution in [3.63, 3.8) is 0 Å². The van der Waals surface area contributed by atoms with E-state index in [4.69, 9.17) is 4.74 Å². The van der Waals surface area contributed by atoms with Gasteiger partial charge in [0.25, 0.3) is 0 Å². The molecule has 0 aromatic heterocycles. The van der Waals surface area contributed by atoms with Gasteiger partial charge in [-0.05, 0) is 30.1 Å². The third kappa shape index (κ3) is 5.26. The van der Waals surface area contributed by atoms with Crippen molar-refractivity contribution < 1.29 is 9.53 Å². The van der Waals surface area contributed by atoms with Crippen LogP contribution in [0.3, 0.4) is 0 Å². The number of morpholine rings is 1. The summed E-state index contributed by atoms with van der Waals surface area (Å²) in [5, 5.41) is 3.62. The first-order chi connectivity index (χ1) is 9.77. The smallest absolute Gasteiger partial charge is 0.224 e. The van der Waals surface area contributed by atoms with Gasteiger partial charge in [0.2, 0.25) is 5.91 Å². The average molecular weight is 296 g/mol. The largest absolute Gasteiger partial charge is 0.378 e. The lowest BCUT2D eigenvalue weighted by molar-refractivity contribution is -0.135. The van der Waals surface area contributed by atoms with Crippen LogP contribution in [0.25, 0.3) is 0 Å². The molecule has 2 rings (SSSR count). The van der Waals surface area contributed by atoms with Gasteiger partial charge in [0.15, 0.2) is 0 Å². The molecule has 0 radical (unpaired) electrons. The normalized spacial score (nSPS) is 25.8. The second-order valence-corrected chi connectivity index (χ2v) is 8.31. The Morgan fingerprint density at radius 3 is 2.29 bits per heavy atom. The van der Waals surface area contributed by atoms with E-state index in [2.05, 4.69) is 33.0 Å². The molecule has 1 saturated carbocycles. The number of rotatable bonds is 4. The van der Waals surface area contributed by atoms with Gasteiger partial charge in [-0.2, -0.15) is 0 Å². The van der Waals surface area contributed by atoms with Crippen LogP contribution in [0.2, 0.25) is 0 Å². The van der Waals surface area contributed by atoms with Crippen LogP contribution in [0.1, 0.15) is 53.4 Å². The highest BCUT2D eigenvalue weighted by Gasteiger charge is 2.38. The first kappa shape index (κ1) is 16.8. The molecule has 2 aliphatic rings. The number of carbonyl (C=O) groups is 1. The molecule has 0 bridgehead atoms. The van der Waals surface area contributed by atoms with Gasteiger partial charge in [-0.25, -0.2) is 0 Å². The number of hydrogen-bond donors (Lipinski definition) is 1. The highest BCUT2D eigenvalue weighted by molar-refractivity contribution is 5.76. The zero-order valence-corrected chi connectivity index (χ0v) is 14.2. The fourth-order valence-electron chi connectivity index (χ4n) is 4.34. The van der Waals surface area contributed by atoms with Crippen LogP contribution < -0.4 is 5.32 Å². The number of nitrogens with zero attached hydrogens (tertiary/aromatic N) is 1. The second kappa shape index (κ2) is 6.66. The van der Waals surface area contributed by atoms with Crippen molar-refractivity contribution in [1.82, 2.24) is 10.2 Å². The van der Waals surface area contributed by atoms with Gasteiger partial charge in [0.05, 0.1) is 13.2 Å². The van der Waals surface area contributed by atoms with Gasteiger partial charge in [-0.3, -0.25) is 4.79 Å². The molecule has 0 aromatic carbocycles. The summed E-state index contributed by atoms with van der Waals surface area (Å²) < 4.78 is 5.29. The van der Waals surface area contributed by atoms with Crippen molar-refractivity contribution in [2.75, 3.05) is 32.8 Å². The van der Waals surface area contributed by atoms with Crippen LogP contribution in [0.4, 0.5) is 0 Å². The summed E-state index contributed by atoms with van der Waals surface area (Å²) in [5.41, 5.74) is 0.793. The Kier molecular flexibility index (Phi) is 5.31. The minimum absolute atomic E-state index is 0.264. The molecule has 2 fully saturated rings. The molecule has 0 atom stereocenters. The van der Waals surface area contributed by atoms with E-state index in [-0.39, 0.29) is 5.91 Å². The second-order valence-electron chi connectivity index (χ2n) is 8.31. The maximum Gasteiger partial charge on any atom is 0.224 e. The summed E-state index contributed by atoms with van der Waals surface area (Å²) in [4.78, 5) is 14.1. The topological polar surface area (TPSA) is 41.6 Å². The van der Waals surface area contributed by atoms with Crippen molar-refractivity contribution in [3.8, 4) is 0 Å². The van der Waals surface area contributed by atoms with Crippen molar-refractivity contribution in [2.45, 2.75) is 59.4 Å². The van der Waals surface area contributed by atoms with Crippen LogP contribution in [0, 0.1) is 10.8 Å². The minimum atomic E-state index is 0.264. The van der Waals surface area contributed by atoms with Crippen molar-refractivity contribution in [2.24, 2.45) is 10.8 Å². The average Bonchev–Trinajstić information content (AvgIpc) is 2.36. The number of carbonyl (C=O) groups excluding carboxylic acids is 1. The van der Waals surface area contributed by atoms with E-state index in [1.807, 2.05) is 4.90 Å². The summed E-state index contributed by atoms with van der Waals surface area (Å²) in [5.74, 6) is 0.264. The van der Waals surface area contributed by atoms with Crippen molar-refractivity contribution >= 4 is 5.91 Å². The molecule has 4 heteroatoms. The SMILES string of the molecule is CC1(C)CC(NCCC(=O)N2CCOCC2)CC(C)(C)C1. The van der Waals surface area contributed by atoms with E-state index in [1.165, 1.54) is 19.3 Å². The van der Waals surface area contributed by atoms with E-state index in [1.54, 1.807) is 0 Å². The molecule has 1 aliphatic carbocycles. The molecule has 4 nitrogen and oxygen atoms in total. The Labute approximate surface area is 129 Å². The maximum atomic E-state index is 12.1. The van der Waals surface area contributed by atoms with Gasteiger partial charge in [-0.1, -0.05) is 27.7 Å². The fourth-order valence-corrected chi connectivity index (χ4v) is 4.34. The molecule has 0 spiro atoms. The van der Waals surface area contributed by atoms with E-state index >= 15 is 0 Å². The van der Waals surface area contributed by atoms with Crippen LogP contribution in [-0.4, -0.2) is 49.7 Å². The van der Waals surface area contributed by atoms with Gasteiger partial charge in [0.1, 0.15) is 0 Å². The Bertz CT molecular complexity index is 344. The molecule has 1 heterocycles. The molecular formula is C17H32N2O2. The predicted octanol–water partition coefficient (Wildman–Crippen LogP) is 2.43. The Morgan fingerprint density at radius 2 is 1.71 bits per heavy atom. The Balaban J connectivity index is 1.73. The lowest BCUT2D eigenvalue weighted by Crippen LogP contribution is -2.46. The fraction of sp³-hybridized carbons (Fsp3) is 0.941. The van der Waals surface area contributed by atoms with Crippen LogP contribution >= 0.6 is 0 Å². The number of nitrogens with one attached hydrogen (secondary N) is 1. The molecule has 0 unspecified atom stereocenters. The van der Waals surface area contributed by atoms with Gasteiger partial charge >= 0.3 is 0 Å². The van der Waals surface area contributed by atoms with Crippen LogP contribution in [0.15, 0.2) is 0 Å². The highest BCUT2D eigenvalue weighted by atomic mass is 16.5. The molecule has 0 aromatic rings. The third-order valence-electron chi connectivity index (χ3n) is 4.69. The molecular weight excluding hydrogens is 264 g/mol. The Morgan fingerprint density at radius 1 is 1.14 bits per heavy atom. The van der Waals surface area contributed by atoms with E-state index in [0.717, 1.165) is 19.6 Å². The van der Waals surface area contributed by atoms with E-state index in [0.29, 0.717) is 36.5 Å². The monoisotopic (exact) mass is 296 g/mol. The first-order valence-electron chi connectivity index (χ1n) is 8.36. The van der Waals surface area contributed by atoms with Crippen molar-refractivity contribution in [3.05, 3.63) is 0 Å². The Hall–Kier alpha value is -0.610. The zero-order valence-electron chi connectivity index (χ0n) is 14.2. The maximum absolute atomic E-state index is 12.1.